The molecule has 0 spiro atoms. The summed E-state index contributed by atoms with van der Waals surface area (Å²) in [4.78, 5) is 13.4. The second kappa shape index (κ2) is 12.9. The molecule has 1 aliphatic rings. The van der Waals surface area contributed by atoms with Crippen LogP contribution in [0, 0.1) is 0 Å². The minimum absolute atomic E-state index is 0.188. The summed E-state index contributed by atoms with van der Waals surface area (Å²) < 4.78 is 19.2. The molecule has 1 rings (SSSR count). The molecule has 0 amide bonds. The number of hydrogen-bond acceptors (Lipinski definition) is 5. The van der Waals surface area contributed by atoms with E-state index in [2.05, 4.69) is 45.1 Å². The van der Waals surface area contributed by atoms with Crippen molar-refractivity contribution in [3.05, 3.63) is 12.4 Å². The molecule has 1 aliphatic heterocycles. The van der Waals surface area contributed by atoms with E-state index in [4.69, 9.17) is 4.89 Å². The van der Waals surface area contributed by atoms with Crippen LogP contribution in [0.1, 0.15) is 53.4 Å². The minimum Gasteiger partial charge on any atom is -0.359 e. The van der Waals surface area contributed by atoms with Crippen LogP contribution in [0.4, 0.5) is 0 Å². The van der Waals surface area contributed by atoms with Crippen molar-refractivity contribution in [2.75, 3.05) is 33.0 Å². The van der Waals surface area contributed by atoms with Gasteiger partial charge in [-0.2, -0.15) is 0 Å². The van der Waals surface area contributed by atoms with Crippen LogP contribution in [-0.2, 0) is 13.6 Å². The quantitative estimate of drug-likeness (QED) is 0.484. The highest BCUT2D eigenvalue weighted by molar-refractivity contribution is 7.47. The van der Waals surface area contributed by atoms with Gasteiger partial charge < -0.3 is 14.7 Å². The monoisotopic (exact) mass is 336 g/mol. The fourth-order valence-corrected chi connectivity index (χ4v) is 2.70. The highest BCUT2D eigenvalue weighted by Crippen LogP contribution is 2.42. The van der Waals surface area contributed by atoms with E-state index in [0.29, 0.717) is 0 Å². The molecule has 1 N–H and O–H groups in total. The number of unbranched alkanes of at least 4 members (excludes halogenated alkanes) is 3. The molecule has 0 aromatic carbocycles. The van der Waals surface area contributed by atoms with E-state index in [1.807, 2.05) is 0 Å². The summed E-state index contributed by atoms with van der Waals surface area (Å²) in [6.45, 7) is 11.5. The summed E-state index contributed by atoms with van der Waals surface area (Å²) >= 11 is 0. The van der Waals surface area contributed by atoms with Crippen LogP contribution < -0.4 is 0 Å². The second-order valence-electron chi connectivity index (χ2n) is 5.02. The van der Waals surface area contributed by atoms with Crippen molar-refractivity contribution >= 4 is 7.82 Å². The van der Waals surface area contributed by atoms with Gasteiger partial charge in [-0.3, -0.25) is 9.05 Å². The summed E-state index contributed by atoms with van der Waals surface area (Å²) in [6, 6.07) is 0. The molecule has 0 saturated carbocycles. The first-order chi connectivity index (χ1) is 10.5. The zero-order chi connectivity index (χ0) is 16.8. The lowest BCUT2D eigenvalue weighted by Crippen LogP contribution is -2.25. The van der Waals surface area contributed by atoms with Gasteiger partial charge in [0.2, 0.25) is 0 Å². The molecule has 0 atom stereocenters. The van der Waals surface area contributed by atoms with Crippen LogP contribution in [0.25, 0.3) is 0 Å². The van der Waals surface area contributed by atoms with Gasteiger partial charge in [-0.15, -0.1) is 0 Å². The summed E-state index contributed by atoms with van der Waals surface area (Å²) in [5, 5.41) is 0. The molecule has 0 fully saturated rings. The van der Waals surface area contributed by atoms with Crippen LogP contribution >= 0.6 is 7.82 Å². The van der Waals surface area contributed by atoms with E-state index >= 15 is 0 Å². The van der Waals surface area contributed by atoms with Crippen molar-refractivity contribution in [2.24, 2.45) is 0 Å². The number of nitrogens with zero attached hydrogens (tertiary/aromatic N) is 2. The van der Waals surface area contributed by atoms with Crippen molar-refractivity contribution in [2.45, 2.75) is 53.4 Å². The minimum atomic E-state index is -3.69. The SMILES string of the molecule is CCCCCCN1C=CN(CC)C1.CCOP(=O)(O)OCC. The number of phosphoric acid groups is 1. The van der Waals surface area contributed by atoms with Crippen molar-refractivity contribution in [1.29, 1.82) is 0 Å². The molecule has 132 valence electrons. The third kappa shape index (κ3) is 11.1. The molecule has 1 heterocycles. The lowest BCUT2D eigenvalue weighted by molar-refractivity contribution is 0.161. The van der Waals surface area contributed by atoms with Crippen LogP contribution in [0.15, 0.2) is 12.4 Å². The molecule has 0 aromatic rings. The Hall–Kier alpha value is -0.550. The summed E-state index contributed by atoms with van der Waals surface area (Å²) in [5.74, 6) is 0. The van der Waals surface area contributed by atoms with Crippen LogP contribution in [0.2, 0.25) is 0 Å². The molecule has 0 radical (unpaired) electrons. The van der Waals surface area contributed by atoms with Crippen molar-refractivity contribution < 1.29 is 18.5 Å². The summed E-state index contributed by atoms with van der Waals surface area (Å²) in [7, 11) is -3.69. The molecule has 7 heteroatoms. The molecule has 6 nitrogen and oxygen atoms in total. The average molecular weight is 336 g/mol. The lowest BCUT2D eigenvalue weighted by atomic mass is 10.2. The molecule has 0 bridgehead atoms. The van der Waals surface area contributed by atoms with E-state index < -0.39 is 7.82 Å². The Kier molecular flexibility index (Phi) is 12.6. The summed E-state index contributed by atoms with van der Waals surface area (Å²) in [5.41, 5.74) is 0. The zero-order valence-corrected chi connectivity index (χ0v) is 15.4. The van der Waals surface area contributed by atoms with E-state index in [-0.39, 0.29) is 13.2 Å². The van der Waals surface area contributed by atoms with Gasteiger partial charge in [0.05, 0.1) is 19.9 Å². The van der Waals surface area contributed by atoms with Gasteiger partial charge in [-0.1, -0.05) is 26.2 Å². The second-order valence-corrected chi connectivity index (χ2v) is 6.48. The van der Waals surface area contributed by atoms with Gasteiger partial charge in [0.25, 0.3) is 0 Å². The Balaban J connectivity index is 0.000000433. The Morgan fingerprint density at radius 1 is 1.00 bits per heavy atom. The Morgan fingerprint density at radius 2 is 1.59 bits per heavy atom. The highest BCUT2D eigenvalue weighted by atomic mass is 31.2. The van der Waals surface area contributed by atoms with E-state index in [0.717, 1.165) is 13.2 Å². The molecular weight excluding hydrogens is 303 g/mol. The molecule has 0 saturated heterocycles. The lowest BCUT2D eigenvalue weighted by Gasteiger charge is -2.19. The largest absolute Gasteiger partial charge is 0.472 e. The van der Waals surface area contributed by atoms with Crippen molar-refractivity contribution in [3.63, 3.8) is 0 Å². The van der Waals surface area contributed by atoms with Gasteiger partial charge in [0, 0.05) is 25.5 Å². The maximum atomic E-state index is 10.5. The third-order valence-corrected chi connectivity index (χ3v) is 4.31. The topological polar surface area (TPSA) is 62.2 Å². The third-order valence-electron chi connectivity index (χ3n) is 3.14. The normalized spacial score (nSPS) is 14.2. The van der Waals surface area contributed by atoms with Crippen molar-refractivity contribution in [1.82, 2.24) is 9.80 Å². The first kappa shape index (κ1) is 21.4. The molecule has 0 aromatic heterocycles. The molecular formula is C15H33N2O4P. The fraction of sp³-hybridized carbons (Fsp3) is 0.867. The van der Waals surface area contributed by atoms with Crippen LogP contribution in [-0.4, -0.2) is 47.7 Å². The predicted octanol–water partition coefficient (Wildman–Crippen LogP) is 3.79. The fourth-order valence-electron chi connectivity index (χ4n) is 1.97. The predicted molar refractivity (Wildman–Crippen MR) is 90.3 cm³/mol. The molecule has 0 aliphatic carbocycles. The maximum absolute atomic E-state index is 10.5. The standard InChI is InChI=1S/C11H22N2.C4H11O4P/c1-3-5-6-7-8-13-10-9-12(4-2)11-13;1-3-7-9(5,6)8-4-2/h9-10H,3-8,11H2,1-2H3;3-4H2,1-2H3,(H,5,6). The molecule has 0 unspecified atom stereocenters. The van der Waals surface area contributed by atoms with Crippen molar-refractivity contribution in [3.8, 4) is 0 Å². The van der Waals surface area contributed by atoms with Gasteiger partial charge >= 0.3 is 7.82 Å². The number of rotatable bonds is 10. The van der Waals surface area contributed by atoms with Gasteiger partial charge in [-0.25, -0.2) is 4.57 Å². The van der Waals surface area contributed by atoms with E-state index in [9.17, 15) is 4.57 Å². The van der Waals surface area contributed by atoms with Gasteiger partial charge in [-0.05, 0) is 27.2 Å². The van der Waals surface area contributed by atoms with E-state index in [1.165, 1.54) is 32.2 Å². The first-order valence-electron chi connectivity index (χ1n) is 8.27. The van der Waals surface area contributed by atoms with E-state index in [1.54, 1.807) is 13.8 Å². The molecule has 22 heavy (non-hydrogen) atoms. The Morgan fingerprint density at radius 3 is 2.05 bits per heavy atom. The van der Waals surface area contributed by atoms with Gasteiger partial charge in [0.15, 0.2) is 0 Å². The summed E-state index contributed by atoms with van der Waals surface area (Å²) in [6.07, 6.45) is 9.85. The number of hydrogen-bond donors (Lipinski definition) is 1. The zero-order valence-electron chi connectivity index (χ0n) is 14.5. The number of phosphoric ester groups is 1. The van der Waals surface area contributed by atoms with Crippen LogP contribution in [0.3, 0.4) is 0 Å². The first-order valence-corrected chi connectivity index (χ1v) is 9.76. The maximum Gasteiger partial charge on any atom is 0.472 e. The van der Waals surface area contributed by atoms with Gasteiger partial charge in [0.1, 0.15) is 0 Å². The average Bonchev–Trinajstić information content (AvgIpc) is 2.92. The Labute approximate surface area is 135 Å². The smallest absolute Gasteiger partial charge is 0.359 e. The van der Waals surface area contributed by atoms with Crippen LogP contribution in [0.5, 0.6) is 0 Å². The Bertz CT molecular complexity index is 330. The highest BCUT2D eigenvalue weighted by Gasteiger charge is 2.17.